The highest BCUT2D eigenvalue weighted by Crippen LogP contribution is 2.47. The molecule has 0 radical (unpaired) electrons. The number of rotatable bonds is 3. The first-order valence-corrected chi connectivity index (χ1v) is 10.3. The smallest absolute Gasteiger partial charge is 0.213 e. The average molecular weight is 375 g/mol. The van der Waals surface area contributed by atoms with Gasteiger partial charge in [0.15, 0.2) is 0 Å². The normalized spacial score (nSPS) is 20.9. The fourth-order valence-electron chi connectivity index (χ4n) is 3.89. The van der Waals surface area contributed by atoms with Crippen LogP contribution in [-0.4, -0.2) is 10.7 Å². The number of hydrazone groups is 1. The van der Waals surface area contributed by atoms with Gasteiger partial charge in [0, 0.05) is 17.5 Å². The summed E-state index contributed by atoms with van der Waals surface area (Å²) in [5, 5.41) is 9.27. The molecule has 2 aliphatic rings. The lowest BCUT2D eigenvalue weighted by atomic mass is 9.97. The zero-order valence-electron chi connectivity index (χ0n) is 15.5. The van der Waals surface area contributed by atoms with Crippen LogP contribution in [-0.2, 0) is 0 Å². The third-order valence-corrected chi connectivity index (χ3v) is 6.31. The first-order chi connectivity index (χ1) is 13.2. The van der Waals surface area contributed by atoms with Gasteiger partial charge in [-0.3, -0.25) is 0 Å². The quantitative estimate of drug-likeness (QED) is 0.552. The van der Waals surface area contributed by atoms with Gasteiger partial charge in [0.1, 0.15) is 5.75 Å². The summed E-state index contributed by atoms with van der Waals surface area (Å²) in [7, 11) is 0. The molecule has 0 aliphatic carbocycles. The van der Waals surface area contributed by atoms with Crippen LogP contribution in [0.2, 0.25) is 0 Å². The number of fused-ring (bicyclic) bond motifs is 3. The van der Waals surface area contributed by atoms with Gasteiger partial charge in [0.25, 0.3) is 0 Å². The van der Waals surface area contributed by atoms with E-state index in [9.17, 15) is 0 Å². The van der Waals surface area contributed by atoms with Crippen LogP contribution >= 0.6 is 11.3 Å². The molecule has 0 saturated heterocycles. The summed E-state index contributed by atoms with van der Waals surface area (Å²) in [6.45, 7) is 4.44. The second kappa shape index (κ2) is 6.54. The van der Waals surface area contributed by atoms with Crippen molar-refractivity contribution in [2.24, 2.45) is 5.10 Å². The molecule has 0 spiro atoms. The number of ether oxygens (including phenoxy) is 1. The molecule has 2 aliphatic heterocycles. The van der Waals surface area contributed by atoms with E-state index >= 15 is 0 Å². The Bertz CT molecular complexity index is 976. The summed E-state index contributed by atoms with van der Waals surface area (Å²) in [5.41, 5.74) is 4.87. The first kappa shape index (κ1) is 16.6. The van der Waals surface area contributed by atoms with E-state index in [1.807, 2.05) is 6.07 Å². The van der Waals surface area contributed by atoms with E-state index in [4.69, 9.17) is 9.84 Å². The Labute approximate surface area is 163 Å². The van der Waals surface area contributed by atoms with Crippen LogP contribution in [0.15, 0.2) is 71.1 Å². The van der Waals surface area contributed by atoms with Gasteiger partial charge >= 0.3 is 0 Å². The molecule has 0 amide bonds. The van der Waals surface area contributed by atoms with Crippen molar-refractivity contribution in [3.63, 3.8) is 0 Å². The molecule has 3 aromatic rings. The van der Waals surface area contributed by atoms with Crippen molar-refractivity contribution in [1.29, 1.82) is 0 Å². The van der Waals surface area contributed by atoms with Crippen molar-refractivity contribution in [2.45, 2.75) is 38.5 Å². The molecular formula is C23H22N2OS. The van der Waals surface area contributed by atoms with Crippen LogP contribution in [0.25, 0.3) is 0 Å². The third kappa shape index (κ3) is 2.85. The predicted molar refractivity (Wildman–Crippen MR) is 110 cm³/mol. The van der Waals surface area contributed by atoms with Gasteiger partial charge in [0.05, 0.1) is 16.6 Å². The van der Waals surface area contributed by atoms with Crippen LogP contribution in [0.1, 0.15) is 60.0 Å². The topological polar surface area (TPSA) is 24.8 Å². The highest BCUT2D eigenvalue weighted by atomic mass is 32.1. The van der Waals surface area contributed by atoms with Gasteiger partial charge in [-0.25, -0.2) is 5.01 Å². The summed E-state index contributed by atoms with van der Waals surface area (Å²) in [4.78, 5) is 1.25. The standard InChI is InChI=1S/C23H22N2OS/c1-15(2)16-9-11-17(12-10-16)23-25-20(18-6-3-4-7-21(18)26-23)14-19(24-25)22-8-5-13-27-22/h3-13,15,20,23H,14H2,1-2H3. The molecule has 3 nitrogen and oxygen atoms in total. The molecule has 5 rings (SSSR count). The van der Waals surface area contributed by atoms with E-state index in [1.54, 1.807) is 11.3 Å². The number of para-hydroxylation sites is 1. The fourth-order valence-corrected chi connectivity index (χ4v) is 4.61. The third-order valence-electron chi connectivity index (χ3n) is 5.39. The largest absolute Gasteiger partial charge is 0.464 e. The van der Waals surface area contributed by atoms with E-state index < -0.39 is 0 Å². The lowest BCUT2D eigenvalue weighted by molar-refractivity contribution is -0.0190. The Hall–Kier alpha value is -2.59. The van der Waals surface area contributed by atoms with E-state index in [-0.39, 0.29) is 12.3 Å². The number of hydrogen-bond acceptors (Lipinski definition) is 4. The van der Waals surface area contributed by atoms with Crippen molar-refractivity contribution in [3.05, 3.63) is 87.6 Å². The zero-order valence-corrected chi connectivity index (χ0v) is 16.3. The molecular weight excluding hydrogens is 352 g/mol. The molecule has 2 unspecified atom stereocenters. The molecule has 136 valence electrons. The van der Waals surface area contributed by atoms with Gasteiger partial charge in [-0.05, 0) is 29.0 Å². The van der Waals surface area contributed by atoms with Crippen molar-refractivity contribution in [2.75, 3.05) is 0 Å². The van der Waals surface area contributed by atoms with Crippen molar-refractivity contribution >= 4 is 17.0 Å². The maximum atomic E-state index is 6.42. The molecule has 4 heteroatoms. The van der Waals surface area contributed by atoms with Gasteiger partial charge in [-0.15, -0.1) is 11.3 Å². The molecule has 1 aromatic heterocycles. The van der Waals surface area contributed by atoms with Gasteiger partial charge in [-0.1, -0.05) is 62.4 Å². The SMILES string of the molecule is CC(C)c1ccc(C2Oc3ccccc3C3CC(c4cccs4)=NN32)cc1. The Balaban J connectivity index is 1.56. The van der Waals surface area contributed by atoms with E-state index in [0.717, 1.165) is 23.4 Å². The Morgan fingerprint density at radius 3 is 2.59 bits per heavy atom. The minimum Gasteiger partial charge on any atom is -0.464 e. The summed E-state index contributed by atoms with van der Waals surface area (Å²) >= 11 is 1.75. The van der Waals surface area contributed by atoms with Gasteiger partial charge < -0.3 is 4.74 Å². The van der Waals surface area contributed by atoms with Crippen LogP contribution < -0.4 is 4.74 Å². The molecule has 2 aromatic carbocycles. The van der Waals surface area contributed by atoms with Crippen molar-refractivity contribution in [3.8, 4) is 5.75 Å². The van der Waals surface area contributed by atoms with Crippen LogP contribution in [0.5, 0.6) is 5.75 Å². The number of hydrogen-bond donors (Lipinski definition) is 0. The Morgan fingerprint density at radius 1 is 1.04 bits per heavy atom. The number of benzene rings is 2. The molecule has 0 N–H and O–H groups in total. The molecule has 0 saturated carbocycles. The second-order valence-corrected chi connectivity index (χ2v) is 8.40. The highest BCUT2D eigenvalue weighted by molar-refractivity contribution is 7.12. The molecule has 0 bridgehead atoms. The molecule has 2 atom stereocenters. The predicted octanol–water partition coefficient (Wildman–Crippen LogP) is 6.11. The number of nitrogens with zero attached hydrogens (tertiary/aromatic N) is 2. The van der Waals surface area contributed by atoms with Gasteiger partial charge in [-0.2, -0.15) is 5.10 Å². The maximum Gasteiger partial charge on any atom is 0.213 e. The van der Waals surface area contributed by atoms with E-state index in [2.05, 4.69) is 78.8 Å². The Morgan fingerprint density at radius 2 is 1.85 bits per heavy atom. The van der Waals surface area contributed by atoms with Crippen LogP contribution in [0.3, 0.4) is 0 Å². The zero-order chi connectivity index (χ0) is 18.4. The fraction of sp³-hybridized carbons (Fsp3) is 0.261. The molecule has 27 heavy (non-hydrogen) atoms. The summed E-state index contributed by atoms with van der Waals surface area (Å²) in [5.74, 6) is 1.49. The summed E-state index contributed by atoms with van der Waals surface area (Å²) in [6.07, 6.45) is 0.727. The van der Waals surface area contributed by atoms with Crippen molar-refractivity contribution < 1.29 is 4.74 Å². The minimum atomic E-state index is -0.191. The van der Waals surface area contributed by atoms with E-state index in [1.165, 1.54) is 16.0 Å². The molecule has 0 fully saturated rings. The van der Waals surface area contributed by atoms with Crippen LogP contribution in [0.4, 0.5) is 0 Å². The van der Waals surface area contributed by atoms with Crippen molar-refractivity contribution in [1.82, 2.24) is 5.01 Å². The lowest BCUT2D eigenvalue weighted by Gasteiger charge is -2.38. The lowest BCUT2D eigenvalue weighted by Crippen LogP contribution is -2.33. The molecule has 3 heterocycles. The maximum absolute atomic E-state index is 6.42. The Kier molecular flexibility index (Phi) is 4.01. The number of thiophene rings is 1. The second-order valence-electron chi connectivity index (χ2n) is 7.45. The minimum absolute atomic E-state index is 0.191. The van der Waals surface area contributed by atoms with E-state index in [0.29, 0.717) is 5.92 Å². The average Bonchev–Trinajstić information content (AvgIpc) is 3.37. The van der Waals surface area contributed by atoms with Crippen LogP contribution in [0, 0.1) is 0 Å². The highest BCUT2D eigenvalue weighted by Gasteiger charge is 2.40. The first-order valence-electron chi connectivity index (χ1n) is 9.46. The summed E-state index contributed by atoms with van der Waals surface area (Å²) < 4.78 is 6.42. The summed E-state index contributed by atoms with van der Waals surface area (Å²) in [6, 6.07) is 21.6. The van der Waals surface area contributed by atoms with Gasteiger partial charge in [0.2, 0.25) is 6.23 Å². The monoisotopic (exact) mass is 374 g/mol.